The molecule has 102 valence electrons. The molecule has 0 fully saturated rings. The molecule has 8 heteroatoms. The zero-order valence-corrected chi connectivity index (χ0v) is 11.8. The van der Waals surface area contributed by atoms with E-state index in [1.165, 1.54) is 23.1 Å². The molecule has 0 radical (unpaired) electrons. The summed E-state index contributed by atoms with van der Waals surface area (Å²) in [5, 5.41) is 13.4. The van der Waals surface area contributed by atoms with Gasteiger partial charge in [0.25, 0.3) is 0 Å². The molecule has 2 aromatic heterocycles. The monoisotopic (exact) mass is 306 g/mol. The van der Waals surface area contributed by atoms with Crippen LogP contribution in [0.15, 0.2) is 35.7 Å². The standard InChI is InChI=1S/C12H10N4O2S2/c17-7-1-2-8-9(5-7)20-12(15-8)16-10(18)6-19-11-13-3-4-14-11/h1-5,17H,6H2,(H,13,14)(H,15,16,18). The Labute approximate surface area is 122 Å². The average Bonchev–Trinajstić information content (AvgIpc) is 3.04. The number of thiazole rings is 1. The predicted octanol–water partition coefficient (Wildman–Crippen LogP) is 2.46. The first kappa shape index (κ1) is 12.9. The van der Waals surface area contributed by atoms with Gasteiger partial charge >= 0.3 is 0 Å². The number of benzene rings is 1. The second-order valence-electron chi connectivity index (χ2n) is 3.90. The van der Waals surface area contributed by atoms with Crippen LogP contribution in [0.25, 0.3) is 10.2 Å². The Hall–Kier alpha value is -2.06. The summed E-state index contributed by atoms with van der Waals surface area (Å²) >= 11 is 2.65. The highest BCUT2D eigenvalue weighted by atomic mass is 32.2. The van der Waals surface area contributed by atoms with Crippen molar-refractivity contribution in [3.8, 4) is 5.75 Å². The van der Waals surface area contributed by atoms with Crippen molar-refractivity contribution >= 4 is 44.4 Å². The van der Waals surface area contributed by atoms with Crippen molar-refractivity contribution in [2.45, 2.75) is 5.16 Å². The molecular weight excluding hydrogens is 296 g/mol. The summed E-state index contributed by atoms with van der Waals surface area (Å²) in [7, 11) is 0. The quantitative estimate of drug-likeness (QED) is 0.644. The lowest BCUT2D eigenvalue weighted by atomic mass is 10.3. The summed E-state index contributed by atoms with van der Waals surface area (Å²) in [4.78, 5) is 23.0. The Morgan fingerprint density at radius 3 is 3.20 bits per heavy atom. The number of nitrogens with one attached hydrogen (secondary N) is 2. The van der Waals surface area contributed by atoms with Gasteiger partial charge in [0.15, 0.2) is 10.3 Å². The number of nitrogens with zero attached hydrogens (tertiary/aromatic N) is 2. The van der Waals surface area contributed by atoms with Crippen LogP contribution in [0, 0.1) is 0 Å². The van der Waals surface area contributed by atoms with Crippen molar-refractivity contribution in [2.75, 3.05) is 11.1 Å². The average molecular weight is 306 g/mol. The minimum atomic E-state index is -0.144. The topological polar surface area (TPSA) is 90.9 Å². The Morgan fingerprint density at radius 1 is 1.50 bits per heavy atom. The summed E-state index contributed by atoms with van der Waals surface area (Å²) < 4.78 is 0.832. The summed E-state index contributed by atoms with van der Waals surface area (Å²) in [5.74, 6) is 0.302. The molecule has 3 aromatic rings. The van der Waals surface area contributed by atoms with Gasteiger partial charge in [0.1, 0.15) is 5.75 Å². The SMILES string of the molecule is O=C(CSc1ncc[nH]1)Nc1nc2ccc(O)cc2s1. The Kier molecular flexibility index (Phi) is 3.57. The van der Waals surface area contributed by atoms with Crippen LogP contribution in [0.2, 0.25) is 0 Å². The maximum Gasteiger partial charge on any atom is 0.236 e. The number of aromatic hydroxyl groups is 1. The van der Waals surface area contributed by atoms with Crippen LogP contribution in [0.3, 0.4) is 0 Å². The molecule has 3 rings (SSSR count). The van der Waals surface area contributed by atoms with Crippen LogP contribution < -0.4 is 5.32 Å². The third kappa shape index (κ3) is 2.91. The molecule has 2 heterocycles. The molecule has 0 aliphatic rings. The number of aromatic nitrogens is 3. The zero-order valence-electron chi connectivity index (χ0n) is 10.2. The van der Waals surface area contributed by atoms with Gasteiger partial charge in [-0.1, -0.05) is 23.1 Å². The van der Waals surface area contributed by atoms with E-state index in [0.717, 1.165) is 10.2 Å². The van der Waals surface area contributed by atoms with Crippen LogP contribution in [0.4, 0.5) is 5.13 Å². The fraction of sp³-hybridized carbons (Fsp3) is 0.0833. The van der Waals surface area contributed by atoms with E-state index in [-0.39, 0.29) is 17.4 Å². The molecule has 1 aromatic carbocycles. The van der Waals surface area contributed by atoms with Gasteiger partial charge < -0.3 is 15.4 Å². The lowest BCUT2D eigenvalue weighted by Gasteiger charge is -1.99. The first-order valence-corrected chi connectivity index (χ1v) is 7.52. The third-order valence-corrected chi connectivity index (χ3v) is 4.27. The molecule has 0 saturated heterocycles. The second kappa shape index (κ2) is 5.51. The molecule has 0 atom stereocenters. The van der Waals surface area contributed by atoms with Gasteiger partial charge in [0.05, 0.1) is 16.0 Å². The molecule has 20 heavy (non-hydrogen) atoms. The minimum absolute atomic E-state index is 0.144. The summed E-state index contributed by atoms with van der Waals surface area (Å²) in [6.45, 7) is 0. The van der Waals surface area contributed by atoms with E-state index in [2.05, 4.69) is 20.3 Å². The van der Waals surface area contributed by atoms with Crippen molar-refractivity contribution in [3.05, 3.63) is 30.6 Å². The van der Waals surface area contributed by atoms with E-state index in [4.69, 9.17) is 0 Å². The lowest BCUT2D eigenvalue weighted by molar-refractivity contribution is -0.113. The van der Waals surface area contributed by atoms with E-state index in [9.17, 15) is 9.90 Å². The number of thioether (sulfide) groups is 1. The van der Waals surface area contributed by atoms with Gasteiger partial charge in [0.2, 0.25) is 5.91 Å². The Balaban J connectivity index is 1.65. The highest BCUT2D eigenvalue weighted by Crippen LogP contribution is 2.28. The second-order valence-corrected chi connectivity index (χ2v) is 5.90. The number of rotatable bonds is 4. The smallest absolute Gasteiger partial charge is 0.236 e. The van der Waals surface area contributed by atoms with E-state index in [0.29, 0.717) is 10.3 Å². The third-order valence-electron chi connectivity index (χ3n) is 2.43. The molecule has 0 spiro atoms. The van der Waals surface area contributed by atoms with Gasteiger partial charge in [0, 0.05) is 12.4 Å². The van der Waals surface area contributed by atoms with E-state index in [1.54, 1.807) is 30.6 Å². The molecular formula is C12H10N4O2S2. The van der Waals surface area contributed by atoms with Gasteiger partial charge in [-0.05, 0) is 18.2 Å². The van der Waals surface area contributed by atoms with E-state index < -0.39 is 0 Å². The number of hydrogen-bond donors (Lipinski definition) is 3. The number of imidazole rings is 1. The van der Waals surface area contributed by atoms with Gasteiger partial charge in [-0.2, -0.15) is 0 Å². The van der Waals surface area contributed by atoms with Crippen LogP contribution in [0.1, 0.15) is 0 Å². The van der Waals surface area contributed by atoms with Crippen molar-refractivity contribution in [3.63, 3.8) is 0 Å². The lowest BCUT2D eigenvalue weighted by Crippen LogP contribution is -2.13. The molecule has 6 nitrogen and oxygen atoms in total. The number of fused-ring (bicyclic) bond motifs is 1. The number of aromatic amines is 1. The normalized spacial score (nSPS) is 10.8. The summed E-state index contributed by atoms with van der Waals surface area (Å²) in [6.07, 6.45) is 3.35. The summed E-state index contributed by atoms with van der Waals surface area (Å²) in [6, 6.07) is 4.91. The fourth-order valence-electron chi connectivity index (χ4n) is 1.59. The maximum absolute atomic E-state index is 11.8. The van der Waals surface area contributed by atoms with Gasteiger partial charge in [-0.25, -0.2) is 9.97 Å². The highest BCUT2D eigenvalue weighted by molar-refractivity contribution is 7.99. The van der Waals surface area contributed by atoms with Crippen molar-refractivity contribution in [1.82, 2.24) is 15.0 Å². The van der Waals surface area contributed by atoms with Gasteiger partial charge in [-0.3, -0.25) is 4.79 Å². The Bertz CT molecular complexity index is 739. The number of hydrogen-bond acceptors (Lipinski definition) is 6. The highest BCUT2D eigenvalue weighted by Gasteiger charge is 2.09. The van der Waals surface area contributed by atoms with Crippen LogP contribution in [0.5, 0.6) is 5.75 Å². The summed E-state index contributed by atoms with van der Waals surface area (Å²) in [5.41, 5.74) is 0.752. The molecule has 0 aliphatic carbocycles. The molecule has 0 bridgehead atoms. The maximum atomic E-state index is 11.8. The Morgan fingerprint density at radius 2 is 2.40 bits per heavy atom. The first-order valence-electron chi connectivity index (χ1n) is 5.72. The molecule has 0 aliphatic heterocycles. The van der Waals surface area contributed by atoms with Crippen molar-refractivity contribution in [2.24, 2.45) is 0 Å². The van der Waals surface area contributed by atoms with E-state index >= 15 is 0 Å². The minimum Gasteiger partial charge on any atom is -0.508 e. The number of amides is 1. The number of carbonyl (C=O) groups excluding carboxylic acids is 1. The molecule has 0 saturated carbocycles. The molecule has 1 amide bonds. The molecule has 3 N–H and O–H groups in total. The largest absolute Gasteiger partial charge is 0.508 e. The number of phenolic OH excluding ortho intramolecular Hbond substituents is 1. The number of carbonyl (C=O) groups is 1. The fourth-order valence-corrected chi connectivity index (χ4v) is 3.13. The number of phenols is 1. The number of H-pyrrole nitrogens is 1. The number of anilines is 1. The van der Waals surface area contributed by atoms with E-state index in [1.807, 2.05) is 0 Å². The van der Waals surface area contributed by atoms with Crippen LogP contribution >= 0.6 is 23.1 Å². The van der Waals surface area contributed by atoms with Crippen LogP contribution in [-0.2, 0) is 4.79 Å². The van der Waals surface area contributed by atoms with Crippen molar-refractivity contribution in [1.29, 1.82) is 0 Å². The van der Waals surface area contributed by atoms with Crippen LogP contribution in [-0.4, -0.2) is 31.7 Å². The van der Waals surface area contributed by atoms with Crippen molar-refractivity contribution < 1.29 is 9.90 Å². The predicted molar refractivity (Wildman–Crippen MR) is 79.2 cm³/mol. The molecule has 0 unspecified atom stereocenters. The van der Waals surface area contributed by atoms with Gasteiger partial charge in [-0.15, -0.1) is 0 Å². The zero-order chi connectivity index (χ0) is 13.9. The first-order chi connectivity index (χ1) is 9.70.